The minimum absolute atomic E-state index is 0.0562. The van der Waals surface area contributed by atoms with Crippen LogP contribution in [0.4, 0.5) is 11.5 Å². The molecule has 0 spiro atoms. The van der Waals surface area contributed by atoms with Gasteiger partial charge in [-0.25, -0.2) is 4.98 Å². The number of thioether (sulfide) groups is 1. The Hall–Kier alpha value is -1.72. The van der Waals surface area contributed by atoms with Gasteiger partial charge in [-0.2, -0.15) is 0 Å². The van der Waals surface area contributed by atoms with Crippen molar-refractivity contribution in [1.82, 2.24) is 4.98 Å². The average Bonchev–Trinajstić information content (AvgIpc) is 2.50. The first-order valence-electron chi connectivity index (χ1n) is 6.82. The number of carbonyl (C=O) groups excluding carboxylic acids is 1. The van der Waals surface area contributed by atoms with Crippen molar-refractivity contribution in [2.45, 2.75) is 17.1 Å². The summed E-state index contributed by atoms with van der Waals surface area (Å²) < 4.78 is 0. The Morgan fingerprint density at radius 3 is 2.45 bits per heavy atom. The molecular weight excluding hydrogens is 318 g/mol. The van der Waals surface area contributed by atoms with Gasteiger partial charge in [-0.15, -0.1) is 11.8 Å². The number of carbonyl (C=O) groups is 1. The first-order valence-corrected chi connectivity index (χ1v) is 8.08. The van der Waals surface area contributed by atoms with Crippen molar-refractivity contribution in [1.29, 1.82) is 0 Å². The number of aromatic nitrogens is 1. The number of hydrogen-bond donors (Lipinski definition) is 1. The van der Waals surface area contributed by atoms with Crippen LogP contribution in [0.25, 0.3) is 0 Å². The summed E-state index contributed by atoms with van der Waals surface area (Å²) in [6.07, 6.45) is 1.66. The molecule has 0 radical (unpaired) electrons. The van der Waals surface area contributed by atoms with E-state index < -0.39 is 0 Å². The number of hydrogen-bond acceptors (Lipinski definition) is 4. The van der Waals surface area contributed by atoms with Gasteiger partial charge in [0.25, 0.3) is 0 Å². The molecule has 22 heavy (non-hydrogen) atoms. The van der Waals surface area contributed by atoms with Crippen LogP contribution >= 0.6 is 23.4 Å². The van der Waals surface area contributed by atoms with Crippen LogP contribution in [0.1, 0.15) is 6.92 Å². The van der Waals surface area contributed by atoms with E-state index in [0.29, 0.717) is 10.7 Å². The molecule has 2 aromatic rings. The normalized spacial score (nSPS) is 11.8. The molecular formula is C16H18ClN3OS. The summed E-state index contributed by atoms with van der Waals surface area (Å²) in [5, 5.41) is 3.35. The van der Waals surface area contributed by atoms with Crippen molar-refractivity contribution < 1.29 is 4.79 Å². The monoisotopic (exact) mass is 335 g/mol. The maximum atomic E-state index is 12.2. The molecule has 0 bridgehead atoms. The summed E-state index contributed by atoms with van der Waals surface area (Å²) in [5.41, 5.74) is 0.694. The van der Waals surface area contributed by atoms with Crippen LogP contribution in [0.15, 0.2) is 47.5 Å². The molecule has 1 aromatic carbocycles. The van der Waals surface area contributed by atoms with Crippen molar-refractivity contribution >= 4 is 40.8 Å². The topological polar surface area (TPSA) is 45.2 Å². The molecule has 2 rings (SSSR count). The molecule has 0 saturated heterocycles. The van der Waals surface area contributed by atoms with Crippen LogP contribution < -0.4 is 10.2 Å². The molecule has 1 heterocycles. The lowest BCUT2D eigenvalue weighted by Crippen LogP contribution is -2.22. The lowest BCUT2D eigenvalue weighted by Gasteiger charge is -2.14. The van der Waals surface area contributed by atoms with Crippen molar-refractivity contribution in [3.05, 3.63) is 47.6 Å². The first kappa shape index (κ1) is 16.6. The highest BCUT2D eigenvalue weighted by atomic mass is 35.5. The maximum absolute atomic E-state index is 12.2. The maximum Gasteiger partial charge on any atom is 0.237 e. The van der Waals surface area contributed by atoms with Gasteiger partial charge in [0.2, 0.25) is 5.91 Å². The number of rotatable bonds is 5. The number of benzene rings is 1. The van der Waals surface area contributed by atoms with Crippen LogP contribution in [-0.4, -0.2) is 30.2 Å². The fourth-order valence-corrected chi connectivity index (χ4v) is 2.73. The van der Waals surface area contributed by atoms with Gasteiger partial charge in [-0.1, -0.05) is 11.6 Å². The number of nitrogens with zero attached hydrogens (tertiary/aromatic N) is 2. The lowest BCUT2D eigenvalue weighted by atomic mass is 10.3. The Labute approximate surface area is 139 Å². The van der Waals surface area contributed by atoms with Crippen LogP contribution in [-0.2, 0) is 4.79 Å². The molecule has 0 saturated carbocycles. The van der Waals surface area contributed by atoms with Crippen molar-refractivity contribution in [3.63, 3.8) is 0 Å². The van der Waals surface area contributed by atoms with Gasteiger partial charge < -0.3 is 10.2 Å². The van der Waals surface area contributed by atoms with Gasteiger partial charge in [0.05, 0.1) is 17.1 Å². The highest BCUT2D eigenvalue weighted by Crippen LogP contribution is 2.25. The van der Waals surface area contributed by atoms with E-state index in [0.717, 1.165) is 10.7 Å². The Morgan fingerprint density at radius 1 is 1.23 bits per heavy atom. The van der Waals surface area contributed by atoms with Crippen LogP contribution in [0, 0.1) is 0 Å². The molecule has 4 nitrogen and oxygen atoms in total. The number of halogens is 1. The van der Waals surface area contributed by atoms with E-state index in [9.17, 15) is 4.79 Å². The van der Waals surface area contributed by atoms with Crippen LogP contribution in [0.5, 0.6) is 0 Å². The summed E-state index contributed by atoms with van der Waals surface area (Å²) in [7, 11) is 3.84. The Kier molecular flexibility index (Phi) is 5.69. The van der Waals surface area contributed by atoms with E-state index >= 15 is 0 Å². The van der Waals surface area contributed by atoms with Gasteiger partial charge in [-0.3, -0.25) is 4.79 Å². The third-order valence-electron chi connectivity index (χ3n) is 2.97. The summed E-state index contributed by atoms with van der Waals surface area (Å²) in [6.45, 7) is 1.87. The van der Waals surface area contributed by atoms with E-state index in [4.69, 9.17) is 11.6 Å². The third-order valence-corrected chi connectivity index (χ3v) is 4.33. The SMILES string of the molecule is CC(Sc1ccc(Cl)cc1)C(=O)Nc1ccc(N(C)C)nc1. The molecule has 0 aliphatic rings. The van der Waals surface area contributed by atoms with Gasteiger partial charge in [0.15, 0.2) is 0 Å². The van der Waals surface area contributed by atoms with E-state index in [-0.39, 0.29) is 11.2 Å². The number of amides is 1. The second kappa shape index (κ2) is 7.51. The standard InChI is InChI=1S/C16H18ClN3OS/c1-11(22-14-7-4-12(17)5-8-14)16(21)19-13-6-9-15(18-10-13)20(2)3/h4-11H,1-3H3,(H,19,21). The number of nitrogens with one attached hydrogen (secondary N) is 1. The first-order chi connectivity index (χ1) is 10.5. The molecule has 1 aromatic heterocycles. The van der Waals surface area contributed by atoms with Crippen molar-refractivity contribution in [2.24, 2.45) is 0 Å². The highest BCUT2D eigenvalue weighted by molar-refractivity contribution is 8.00. The highest BCUT2D eigenvalue weighted by Gasteiger charge is 2.14. The molecule has 0 aliphatic carbocycles. The van der Waals surface area contributed by atoms with Crippen LogP contribution in [0.2, 0.25) is 5.02 Å². The molecule has 116 valence electrons. The minimum atomic E-state index is -0.213. The van der Waals surface area contributed by atoms with E-state index in [2.05, 4.69) is 10.3 Å². The van der Waals surface area contributed by atoms with Gasteiger partial charge >= 0.3 is 0 Å². The summed E-state index contributed by atoms with van der Waals surface area (Å²) in [4.78, 5) is 19.4. The number of anilines is 2. The Morgan fingerprint density at radius 2 is 1.91 bits per heavy atom. The molecule has 1 amide bonds. The van der Waals surface area contributed by atoms with Crippen LogP contribution in [0.3, 0.4) is 0 Å². The molecule has 6 heteroatoms. The molecule has 0 aliphatic heterocycles. The minimum Gasteiger partial charge on any atom is -0.363 e. The zero-order chi connectivity index (χ0) is 16.1. The molecule has 1 N–H and O–H groups in total. The fourth-order valence-electron chi connectivity index (χ4n) is 1.74. The second-order valence-corrected chi connectivity index (χ2v) is 6.85. The average molecular weight is 336 g/mol. The van der Waals surface area contributed by atoms with Gasteiger partial charge in [0, 0.05) is 24.0 Å². The summed E-state index contributed by atoms with van der Waals surface area (Å²) >= 11 is 7.34. The second-order valence-electron chi connectivity index (χ2n) is 5.00. The Bertz CT molecular complexity index is 629. The smallest absolute Gasteiger partial charge is 0.237 e. The summed E-state index contributed by atoms with van der Waals surface area (Å²) in [5.74, 6) is 0.793. The fraction of sp³-hybridized carbons (Fsp3) is 0.250. The predicted octanol–water partition coefficient (Wildman–Crippen LogP) is 3.92. The predicted molar refractivity (Wildman–Crippen MR) is 94.0 cm³/mol. The van der Waals surface area contributed by atoms with E-state index in [1.807, 2.05) is 62.3 Å². The zero-order valence-corrected chi connectivity index (χ0v) is 14.3. The largest absolute Gasteiger partial charge is 0.363 e. The quantitative estimate of drug-likeness (QED) is 0.841. The van der Waals surface area contributed by atoms with Crippen molar-refractivity contribution in [3.8, 4) is 0 Å². The third kappa shape index (κ3) is 4.64. The molecule has 1 unspecified atom stereocenters. The molecule has 0 fully saturated rings. The molecule has 1 atom stereocenters. The van der Waals surface area contributed by atoms with Crippen molar-refractivity contribution in [2.75, 3.05) is 24.3 Å². The summed E-state index contributed by atoms with van der Waals surface area (Å²) in [6, 6.07) is 11.2. The van der Waals surface area contributed by atoms with E-state index in [1.54, 1.807) is 6.20 Å². The lowest BCUT2D eigenvalue weighted by molar-refractivity contribution is -0.115. The van der Waals surface area contributed by atoms with Gasteiger partial charge in [-0.05, 0) is 43.3 Å². The zero-order valence-electron chi connectivity index (χ0n) is 12.7. The number of pyridine rings is 1. The van der Waals surface area contributed by atoms with E-state index in [1.165, 1.54) is 11.8 Å². The Balaban J connectivity index is 1.94. The van der Waals surface area contributed by atoms with Gasteiger partial charge in [0.1, 0.15) is 5.82 Å².